The zero-order chi connectivity index (χ0) is 22.0. The van der Waals surface area contributed by atoms with Crippen LogP contribution in [-0.2, 0) is 26.9 Å². The number of amides is 1. The molecule has 0 N–H and O–H groups in total. The van der Waals surface area contributed by atoms with Crippen molar-refractivity contribution in [1.29, 1.82) is 0 Å². The Kier molecular flexibility index (Phi) is 6.13. The van der Waals surface area contributed by atoms with Gasteiger partial charge in [0.1, 0.15) is 11.5 Å². The summed E-state index contributed by atoms with van der Waals surface area (Å²) in [7, 11) is -3.68. The molecular weight excluding hydrogens is 456 g/mol. The Labute approximate surface area is 189 Å². The normalized spacial score (nSPS) is 11.7. The van der Waals surface area contributed by atoms with Gasteiger partial charge in [0.05, 0.1) is 33.8 Å². The number of furan rings is 1. The number of sulfone groups is 1. The molecule has 0 bridgehead atoms. The topological polar surface area (TPSA) is 80.5 Å². The molecule has 31 heavy (non-hydrogen) atoms. The lowest BCUT2D eigenvalue weighted by Gasteiger charge is -2.18. The minimum absolute atomic E-state index is 0.0726. The van der Waals surface area contributed by atoms with Crippen molar-refractivity contribution >= 4 is 54.0 Å². The average molecular weight is 475 g/mol. The highest BCUT2D eigenvalue weighted by Crippen LogP contribution is 2.36. The molecule has 0 saturated carbocycles. The number of benzene rings is 2. The van der Waals surface area contributed by atoms with Crippen LogP contribution in [0, 0.1) is 6.92 Å². The molecule has 0 saturated heterocycles. The quantitative estimate of drug-likeness (QED) is 0.376. The van der Waals surface area contributed by atoms with Crippen molar-refractivity contribution in [2.45, 2.75) is 19.2 Å². The summed E-state index contributed by atoms with van der Waals surface area (Å²) in [6.07, 6.45) is 1.50. The van der Waals surface area contributed by atoms with Gasteiger partial charge in [0.2, 0.25) is 5.91 Å². The molecule has 160 valence electrons. The number of carbonyl (C=O) groups excluding carboxylic acids is 1. The van der Waals surface area contributed by atoms with Crippen LogP contribution < -0.4 is 4.90 Å². The van der Waals surface area contributed by atoms with Crippen LogP contribution in [0.4, 0.5) is 5.13 Å². The van der Waals surface area contributed by atoms with Crippen molar-refractivity contribution in [3.8, 4) is 0 Å². The largest absolute Gasteiger partial charge is 0.467 e. The Hall–Kier alpha value is -2.68. The Bertz CT molecular complexity index is 1280. The lowest BCUT2D eigenvalue weighted by molar-refractivity contribution is -0.116. The maximum Gasteiger partial charge on any atom is 0.244 e. The Morgan fingerprint density at radius 1 is 1.13 bits per heavy atom. The monoisotopic (exact) mass is 474 g/mol. The second kappa shape index (κ2) is 8.82. The van der Waals surface area contributed by atoms with E-state index in [0.717, 1.165) is 10.3 Å². The van der Waals surface area contributed by atoms with E-state index < -0.39 is 21.5 Å². The maximum atomic E-state index is 13.2. The third-order valence-electron chi connectivity index (χ3n) is 4.68. The zero-order valence-electron chi connectivity index (χ0n) is 16.6. The lowest BCUT2D eigenvalue weighted by Crippen LogP contribution is -2.35. The number of fused-ring (bicyclic) bond motifs is 1. The molecule has 0 radical (unpaired) electrons. The average Bonchev–Trinajstić information content (AvgIpc) is 3.39. The highest BCUT2D eigenvalue weighted by Gasteiger charge is 2.27. The van der Waals surface area contributed by atoms with Gasteiger partial charge in [-0.25, -0.2) is 13.4 Å². The van der Waals surface area contributed by atoms with Gasteiger partial charge in [-0.05, 0) is 36.2 Å². The van der Waals surface area contributed by atoms with E-state index in [0.29, 0.717) is 27.0 Å². The molecule has 0 aliphatic rings. The molecule has 2 aromatic heterocycles. The number of hydrogen-bond acceptors (Lipinski definition) is 6. The minimum Gasteiger partial charge on any atom is -0.467 e. The van der Waals surface area contributed by atoms with E-state index in [2.05, 4.69) is 4.98 Å². The summed E-state index contributed by atoms with van der Waals surface area (Å²) in [5, 5.41) is 0.911. The minimum atomic E-state index is -3.68. The van der Waals surface area contributed by atoms with Crippen molar-refractivity contribution < 1.29 is 17.6 Å². The molecular formula is C22H19ClN2O4S2. The van der Waals surface area contributed by atoms with Crippen LogP contribution in [0.5, 0.6) is 0 Å². The van der Waals surface area contributed by atoms with Gasteiger partial charge < -0.3 is 4.42 Å². The van der Waals surface area contributed by atoms with Crippen LogP contribution in [0.2, 0.25) is 5.02 Å². The first-order chi connectivity index (χ1) is 14.8. The molecule has 0 aliphatic carbocycles. The molecule has 0 fully saturated rings. The highest BCUT2D eigenvalue weighted by atomic mass is 35.5. The number of anilines is 1. The van der Waals surface area contributed by atoms with Gasteiger partial charge in [0.25, 0.3) is 0 Å². The standard InChI is InChI=1S/C22H19ClN2O4S2/c1-15-9-10-18(23)21-20(15)24-22(30-21)25(12-17-8-5-11-29-17)19(26)14-31(27,28)13-16-6-3-2-4-7-16/h2-11H,12-14H2,1H3. The van der Waals surface area contributed by atoms with Crippen molar-refractivity contribution in [1.82, 2.24) is 4.98 Å². The van der Waals surface area contributed by atoms with E-state index >= 15 is 0 Å². The molecule has 4 aromatic rings. The summed E-state index contributed by atoms with van der Waals surface area (Å²) in [4.78, 5) is 19.1. The van der Waals surface area contributed by atoms with Crippen LogP contribution in [0.3, 0.4) is 0 Å². The first kappa shape index (κ1) is 21.5. The second-order valence-corrected chi connectivity index (χ2v) is 10.6. The van der Waals surface area contributed by atoms with Crippen molar-refractivity contribution in [2.75, 3.05) is 10.7 Å². The Balaban J connectivity index is 1.66. The third kappa shape index (κ3) is 4.98. The second-order valence-electron chi connectivity index (χ2n) is 7.12. The van der Waals surface area contributed by atoms with Gasteiger partial charge in [0.15, 0.2) is 15.0 Å². The smallest absolute Gasteiger partial charge is 0.244 e. The first-order valence-electron chi connectivity index (χ1n) is 9.45. The van der Waals surface area contributed by atoms with Crippen LogP contribution in [-0.4, -0.2) is 25.1 Å². The molecule has 0 atom stereocenters. The van der Waals surface area contributed by atoms with E-state index in [1.165, 1.54) is 22.5 Å². The van der Waals surface area contributed by atoms with Gasteiger partial charge in [-0.1, -0.05) is 59.3 Å². The fraction of sp³-hybridized carbons (Fsp3) is 0.182. The fourth-order valence-electron chi connectivity index (χ4n) is 3.17. The number of thiazole rings is 1. The fourth-order valence-corrected chi connectivity index (χ4v) is 5.84. The van der Waals surface area contributed by atoms with Gasteiger partial charge in [-0.3, -0.25) is 9.69 Å². The molecule has 0 spiro atoms. The van der Waals surface area contributed by atoms with Crippen molar-refractivity contribution in [2.24, 2.45) is 0 Å². The van der Waals surface area contributed by atoms with E-state index in [-0.39, 0.29) is 12.3 Å². The molecule has 1 amide bonds. The summed E-state index contributed by atoms with van der Waals surface area (Å²) < 4.78 is 31.6. The molecule has 4 rings (SSSR count). The van der Waals surface area contributed by atoms with E-state index in [9.17, 15) is 13.2 Å². The van der Waals surface area contributed by atoms with Crippen LogP contribution >= 0.6 is 22.9 Å². The van der Waals surface area contributed by atoms with E-state index in [4.69, 9.17) is 16.0 Å². The number of hydrogen-bond donors (Lipinski definition) is 0. The summed E-state index contributed by atoms with van der Waals surface area (Å²) >= 11 is 7.57. The van der Waals surface area contributed by atoms with Gasteiger partial charge in [0, 0.05) is 0 Å². The highest BCUT2D eigenvalue weighted by molar-refractivity contribution is 7.91. The number of carbonyl (C=O) groups is 1. The van der Waals surface area contributed by atoms with Crippen LogP contribution in [0.25, 0.3) is 10.2 Å². The van der Waals surface area contributed by atoms with Gasteiger partial charge in [-0.15, -0.1) is 0 Å². The zero-order valence-corrected chi connectivity index (χ0v) is 19.0. The predicted molar refractivity (Wildman–Crippen MR) is 123 cm³/mol. The number of nitrogens with zero attached hydrogens (tertiary/aromatic N) is 2. The third-order valence-corrected chi connectivity index (χ3v) is 7.68. The number of halogens is 1. The number of aromatic nitrogens is 1. The number of rotatable bonds is 7. The molecule has 0 unspecified atom stereocenters. The summed E-state index contributed by atoms with van der Waals surface area (Å²) in [6.45, 7) is 1.98. The van der Waals surface area contributed by atoms with Crippen molar-refractivity contribution in [3.63, 3.8) is 0 Å². The predicted octanol–water partition coefficient (Wildman–Crippen LogP) is 5.00. The van der Waals surface area contributed by atoms with Crippen LogP contribution in [0.1, 0.15) is 16.9 Å². The van der Waals surface area contributed by atoms with E-state index in [1.807, 2.05) is 19.1 Å². The van der Waals surface area contributed by atoms with E-state index in [1.54, 1.807) is 42.5 Å². The summed E-state index contributed by atoms with van der Waals surface area (Å²) in [5.41, 5.74) is 2.25. The molecule has 2 aromatic carbocycles. The Morgan fingerprint density at radius 3 is 2.58 bits per heavy atom. The van der Waals surface area contributed by atoms with Gasteiger partial charge >= 0.3 is 0 Å². The molecule has 2 heterocycles. The number of aryl methyl sites for hydroxylation is 1. The molecule has 0 aliphatic heterocycles. The van der Waals surface area contributed by atoms with Gasteiger partial charge in [-0.2, -0.15) is 0 Å². The first-order valence-corrected chi connectivity index (χ1v) is 12.5. The lowest BCUT2D eigenvalue weighted by atomic mass is 10.2. The summed E-state index contributed by atoms with van der Waals surface area (Å²) in [6, 6.07) is 15.9. The SMILES string of the molecule is Cc1ccc(Cl)c2sc(N(Cc3ccco3)C(=O)CS(=O)(=O)Cc3ccccc3)nc12. The maximum absolute atomic E-state index is 13.2. The molecule has 9 heteroatoms. The molecule has 6 nitrogen and oxygen atoms in total. The summed E-state index contributed by atoms with van der Waals surface area (Å²) in [5.74, 6) is -0.888. The Morgan fingerprint density at radius 2 is 1.90 bits per heavy atom. The van der Waals surface area contributed by atoms with Crippen molar-refractivity contribution in [3.05, 3.63) is 82.8 Å². The van der Waals surface area contributed by atoms with Crippen LogP contribution in [0.15, 0.2) is 65.3 Å².